The third-order valence-corrected chi connectivity index (χ3v) is 4.88. The molecule has 1 atom stereocenters. The molecule has 0 bridgehead atoms. The molecule has 128 valence electrons. The van der Waals surface area contributed by atoms with E-state index in [1.54, 1.807) is 18.2 Å². The summed E-state index contributed by atoms with van der Waals surface area (Å²) in [6.07, 6.45) is 2.66. The van der Waals surface area contributed by atoms with E-state index in [0.29, 0.717) is 17.3 Å². The molecule has 0 saturated carbocycles. The van der Waals surface area contributed by atoms with Crippen LogP contribution in [-0.2, 0) is 12.8 Å². The fourth-order valence-corrected chi connectivity index (χ4v) is 3.25. The molecule has 1 amide bonds. The lowest BCUT2D eigenvalue weighted by Crippen LogP contribution is -2.27. The highest BCUT2D eigenvalue weighted by Gasteiger charge is 2.34. The van der Waals surface area contributed by atoms with E-state index in [1.165, 1.54) is 0 Å². The molecule has 1 aromatic carbocycles. The Hall–Kier alpha value is -2.30. The number of carbonyl (C=O) groups is 1. The van der Waals surface area contributed by atoms with Gasteiger partial charge in [-0.3, -0.25) is 4.79 Å². The number of phenolic OH excluding ortho intramolecular Hbond substituents is 1. The maximum Gasteiger partial charge on any atom is 0.278 e. The van der Waals surface area contributed by atoms with Crippen molar-refractivity contribution in [1.29, 1.82) is 0 Å². The Balaban J connectivity index is 1.85. The Bertz CT molecular complexity index is 771. The quantitative estimate of drug-likeness (QED) is 0.814. The molecule has 2 aromatic rings. The van der Waals surface area contributed by atoms with Crippen LogP contribution in [0.15, 0.2) is 22.7 Å². The number of benzene rings is 1. The molecule has 0 radical (unpaired) electrons. The SMILES string of the molecule is Cc1ccc(O)c(NC(=O)c2noc3c2CC(C(C)(C)C)CC3)c1. The highest BCUT2D eigenvalue weighted by atomic mass is 16.5. The van der Waals surface area contributed by atoms with E-state index in [9.17, 15) is 9.90 Å². The zero-order valence-electron chi connectivity index (χ0n) is 14.6. The Labute approximate surface area is 142 Å². The lowest BCUT2D eigenvalue weighted by atomic mass is 9.71. The molecule has 1 aromatic heterocycles. The molecule has 0 saturated heterocycles. The molecule has 1 aliphatic carbocycles. The summed E-state index contributed by atoms with van der Waals surface area (Å²) in [6, 6.07) is 5.09. The Morgan fingerprint density at radius 1 is 1.38 bits per heavy atom. The third-order valence-electron chi connectivity index (χ3n) is 4.88. The third kappa shape index (κ3) is 3.16. The number of nitrogens with one attached hydrogen (secondary N) is 1. The summed E-state index contributed by atoms with van der Waals surface area (Å²) in [5.74, 6) is 1.01. The summed E-state index contributed by atoms with van der Waals surface area (Å²) in [4.78, 5) is 12.6. The number of nitrogens with zero attached hydrogens (tertiary/aromatic N) is 1. The van der Waals surface area contributed by atoms with Crippen LogP contribution in [0.2, 0.25) is 0 Å². The number of hydrogen-bond acceptors (Lipinski definition) is 4. The smallest absolute Gasteiger partial charge is 0.278 e. The number of fused-ring (bicyclic) bond motifs is 1. The molecule has 2 N–H and O–H groups in total. The molecule has 0 fully saturated rings. The minimum absolute atomic E-state index is 0.0406. The number of anilines is 1. The van der Waals surface area contributed by atoms with E-state index < -0.39 is 0 Å². The number of amides is 1. The van der Waals surface area contributed by atoms with Gasteiger partial charge in [0.05, 0.1) is 5.69 Å². The topological polar surface area (TPSA) is 75.4 Å². The van der Waals surface area contributed by atoms with E-state index in [2.05, 4.69) is 31.2 Å². The lowest BCUT2D eigenvalue weighted by molar-refractivity contribution is 0.101. The van der Waals surface area contributed by atoms with Crippen molar-refractivity contribution in [2.24, 2.45) is 11.3 Å². The van der Waals surface area contributed by atoms with E-state index in [-0.39, 0.29) is 17.1 Å². The monoisotopic (exact) mass is 328 g/mol. The van der Waals surface area contributed by atoms with Crippen molar-refractivity contribution in [2.45, 2.75) is 47.0 Å². The zero-order valence-corrected chi connectivity index (χ0v) is 14.6. The van der Waals surface area contributed by atoms with Crippen molar-refractivity contribution in [3.8, 4) is 5.75 Å². The van der Waals surface area contributed by atoms with Crippen molar-refractivity contribution >= 4 is 11.6 Å². The first-order valence-electron chi connectivity index (χ1n) is 8.34. The number of hydrogen-bond donors (Lipinski definition) is 2. The summed E-state index contributed by atoms with van der Waals surface area (Å²) in [5, 5.41) is 16.6. The second-order valence-electron chi connectivity index (χ2n) is 7.71. The molecular weight excluding hydrogens is 304 g/mol. The first-order valence-corrected chi connectivity index (χ1v) is 8.34. The van der Waals surface area contributed by atoms with Gasteiger partial charge in [0.15, 0.2) is 5.69 Å². The number of carbonyl (C=O) groups excluding carboxylic acids is 1. The summed E-state index contributed by atoms with van der Waals surface area (Å²) < 4.78 is 5.39. The van der Waals surface area contributed by atoms with Crippen LogP contribution < -0.4 is 5.32 Å². The molecular formula is C19H24N2O3. The van der Waals surface area contributed by atoms with Crippen LogP contribution in [0.5, 0.6) is 5.75 Å². The summed E-state index contributed by atoms with van der Waals surface area (Å²) >= 11 is 0. The van der Waals surface area contributed by atoms with Crippen molar-refractivity contribution < 1.29 is 14.4 Å². The van der Waals surface area contributed by atoms with Crippen LogP contribution in [0, 0.1) is 18.3 Å². The first-order chi connectivity index (χ1) is 11.3. The molecule has 5 nitrogen and oxygen atoms in total. The molecule has 1 unspecified atom stereocenters. The average Bonchev–Trinajstić information content (AvgIpc) is 2.93. The largest absolute Gasteiger partial charge is 0.506 e. The van der Waals surface area contributed by atoms with Gasteiger partial charge in [-0.25, -0.2) is 0 Å². The van der Waals surface area contributed by atoms with E-state index in [0.717, 1.165) is 36.1 Å². The normalized spacial score (nSPS) is 17.4. The molecule has 3 rings (SSSR count). The summed E-state index contributed by atoms with van der Waals surface area (Å²) in [5.41, 5.74) is 2.76. The number of aromatic hydroxyl groups is 1. The van der Waals surface area contributed by atoms with Crippen LogP contribution in [0.1, 0.15) is 54.6 Å². The minimum Gasteiger partial charge on any atom is -0.506 e. The molecule has 24 heavy (non-hydrogen) atoms. The van der Waals surface area contributed by atoms with Gasteiger partial charge in [0.2, 0.25) is 0 Å². The van der Waals surface area contributed by atoms with Crippen LogP contribution in [0.4, 0.5) is 5.69 Å². The molecule has 1 heterocycles. The van der Waals surface area contributed by atoms with Crippen LogP contribution in [-0.4, -0.2) is 16.2 Å². The second-order valence-corrected chi connectivity index (χ2v) is 7.71. The molecule has 5 heteroatoms. The Kier molecular flexibility index (Phi) is 4.11. The fraction of sp³-hybridized carbons (Fsp3) is 0.474. The van der Waals surface area contributed by atoms with Gasteiger partial charge >= 0.3 is 0 Å². The Morgan fingerprint density at radius 2 is 2.12 bits per heavy atom. The van der Waals surface area contributed by atoms with Gasteiger partial charge in [-0.05, 0) is 48.8 Å². The highest BCUT2D eigenvalue weighted by Crippen LogP contribution is 2.38. The highest BCUT2D eigenvalue weighted by molar-refractivity contribution is 6.04. The minimum atomic E-state index is -0.338. The number of phenols is 1. The van der Waals surface area contributed by atoms with Crippen molar-refractivity contribution in [2.75, 3.05) is 5.32 Å². The first kappa shape index (κ1) is 16.6. The van der Waals surface area contributed by atoms with Gasteiger partial charge in [0.1, 0.15) is 11.5 Å². The fourth-order valence-electron chi connectivity index (χ4n) is 3.25. The van der Waals surface area contributed by atoms with Crippen molar-refractivity contribution in [1.82, 2.24) is 5.16 Å². The standard InChI is InChI=1S/C19H24N2O3/c1-11-5-7-15(22)14(9-11)20-18(23)17-13-10-12(19(2,3)4)6-8-16(13)24-21-17/h5,7,9,12,22H,6,8,10H2,1-4H3,(H,20,23). The average molecular weight is 328 g/mol. The van der Waals surface area contributed by atoms with Gasteiger partial charge in [0.25, 0.3) is 5.91 Å². The van der Waals surface area contributed by atoms with E-state index in [1.807, 2.05) is 6.92 Å². The number of aryl methyl sites for hydroxylation is 2. The van der Waals surface area contributed by atoms with Gasteiger partial charge in [-0.1, -0.05) is 32.0 Å². The van der Waals surface area contributed by atoms with Crippen molar-refractivity contribution in [3.05, 3.63) is 40.8 Å². The maximum atomic E-state index is 12.6. The zero-order chi connectivity index (χ0) is 17.5. The Morgan fingerprint density at radius 3 is 2.83 bits per heavy atom. The van der Waals surface area contributed by atoms with Crippen molar-refractivity contribution in [3.63, 3.8) is 0 Å². The predicted octanol–water partition coefficient (Wildman–Crippen LogP) is 4.09. The van der Waals surface area contributed by atoms with Gasteiger partial charge in [-0.2, -0.15) is 0 Å². The van der Waals surface area contributed by atoms with Crippen LogP contribution >= 0.6 is 0 Å². The van der Waals surface area contributed by atoms with Gasteiger partial charge < -0.3 is 14.9 Å². The molecule has 0 spiro atoms. The lowest BCUT2D eigenvalue weighted by Gasteiger charge is -2.33. The number of aromatic nitrogens is 1. The molecule has 0 aliphatic heterocycles. The van der Waals surface area contributed by atoms with Gasteiger partial charge in [0, 0.05) is 12.0 Å². The van der Waals surface area contributed by atoms with Crippen LogP contribution in [0.3, 0.4) is 0 Å². The van der Waals surface area contributed by atoms with E-state index in [4.69, 9.17) is 4.52 Å². The predicted molar refractivity (Wildman–Crippen MR) is 92.3 cm³/mol. The second kappa shape index (κ2) is 5.96. The molecule has 1 aliphatic rings. The van der Waals surface area contributed by atoms with Crippen LogP contribution in [0.25, 0.3) is 0 Å². The maximum absolute atomic E-state index is 12.6. The van der Waals surface area contributed by atoms with Gasteiger partial charge in [-0.15, -0.1) is 0 Å². The number of rotatable bonds is 2. The summed E-state index contributed by atoms with van der Waals surface area (Å²) in [6.45, 7) is 8.57. The summed E-state index contributed by atoms with van der Waals surface area (Å²) in [7, 11) is 0. The van der Waals surface area contributed by atoms with E-state index >= 15 is 0 Å².